The lowest BCUT2D eigenvalue weighted by Crippen LogP contribution is -2.55. The molecule has 1 fully saturated rings. The molecule has 6 heteroatoms. The summed E-state index contributed by atoms with van der Waals surface area (Å²) in [5.41, 5.74) is 0.947. The van der Waals surface area contributed by atoms with E-state index in [2.05, 4.69) is 5.32 Å². The van der Waals surface area contributed by atoms with Crippen molar-refractivity contribution in [2.75, 3.05) is 13.1 Å². The van der Waals surface area contributed by atoms with E-state index in [1.54, 1.807) is 6.08 Å². The highest BCUT2D eigenvalue weighted by Gasteiger charge is 2.38. The Morgan fingerprint density at radius 1 is 1.09 bits per heavy atom. The van der Waals surface area contributed by atoms with Crippen LogP contribution in [0, 0.1) is 0 Å². The molecule has 1 aromatic rings. The average Bonchev–Trinajstić information content (AvgIpc) is 2.79. The van der Waals surface area contributed by atoms with Crippen molar-refractivity contribution in [3.63, 3.8) is 0 Å². The molecule has 2 rings (SSSR count). The second-order valence-electron chi connectivity index (χ2n) is 5.65. The molecular formula is C17H21Cl3N2O. The van der Waals surface area contributed by atoms with Crippen LogP contribution in [0.15, 0.2) is 36.4 Å². The van der Waals surface area contributed by atoms with Crippen LogP contribution in [-0.2, 0) is 4.79 Å². The van der Waals surface area contributed by atoms with Gasteiger partial charge in [0.1, 0.15) is 6.17 Å². The number of halogens is 3. The minimum Gasteiger partial charge on any atom is -0.333 e. The van der Waals surface area contributed by atoms with Gasteiger partial charge in [-0.1, -0.05) is 78.0 Å². The molecule has 0 spiro atoms. The molecule has 23 heavy (non-hydrogen) atoms. The third-order valence-corrected chi connectivity index (χ3v) is 4.44. The predicted molar refractivity (Wildman–Crippen MR) is 97.7 cm³/mol. The number of hydrogen-bond donors (Lipinski definition) is 1. The molecule has 1 saturated heterocycles. The Morgan fingerprint density at radius 3 is 2.26 bits per heavy atom. The molecule has 0 saturated carbocycles. The van der Waals surface area contributed by atoms with Crippen molar-refractivity contribution in [3.8, 4) is 0 Å². The minimum atomic E-state index is -1.57. The summed E-state index contributed by atoms with van der Waals surface area (Å²) in [4.78, 5) is 14.3. The summed E-state index contributed by atoms with van der Waals surface area (Å²) < 4.78 is -1.57. The van der Waals surface area contributed by atoms with Crippen molar-refractivity contribution in [2.24, 2.45) is 0 Å². The van der Waals surface area contributed by atoms with Gasteiger partial charge in [-0.3, -0.25) is 9.69 Å². The molecule has 1 amide bonds. The van der Waals surface area contributed by atoms with E-state index >= 15 is 0 Å². The first-order valence-corrected chi connectivity index (χ1v) is 8.94. The van der Waals surface area contributed by atoms with Gasteiger partial charge in [-0.05, 0) is 24.5 Å². The smallest absolute Gasteiger partial charge is 0.245 e. The summed E-state index contributed by atoms with van der Waals surface area (Å²) in [5, 5.41) is 2.83. The van der Waals surface area contributed by atoms with Gasteiger partial charge in [0.15, 0.2) is 0 Å². The third-order valence-electron chi connectivity index (χ3n) is 3.82. The summed E-state index contributed by atoms with van der Waals surface area (Å²) in [5.74, 6) is -0.269. The standard InChI is InChI=1S/C17H21Cl3N2O/c18-17(19,20)16(22-12-6-1-2-7-13-22)21-15(23)11-10-14-8-4-3-5-9-14/h3-5,8-11,16H,1-2,6-7,12-13H2,(H,21,23)/b11-10+. The number of hydrogen-bond acceptors (Lipinski definition) is 2. The molecule has 1 aromatic carbocycles. The first kappa shape index (κ1) is 18.6. The van der Waals surface area contributed by atoms with Gasteiger partial charge in [0.2, 0.25) is 9.70 Å². The lowest BCUT2D eigenvalue weighted by molar-refractivity contribution is -0.118. The van der Waals surface area contributed by atoms with Gasteiger partial charge in [-0.25, -0.2) is 0 Å². The molecule has 0 bridgehead atoms. The molecule has 1 unspecified atom stereocenters. The highest BCUT2D eigenvalue weighted by atomic mass is 35.6. The Hall–Kier alpha value is -0.740. The summed E-state index contributed by atoms with van der Waals surface area (Å²) >= 11 is 18.3. The van der Waals surface area contributed by atoms with Crippen LogP contribution in [0.5, 0.6) is 0 Å². The normalized spacial score (nSPS) is 18.6. The topological polar surface area (TPSA) is 32.3 Å². The summed E-state index contributed by atoms with van der Waals surface area (Å²) in [6.07, 6.45) is 7.03. The maximum absolute atomic E-state index is 12.2. The predicted octanol–water partition coefficient (Wildman–Crippen LogP) is 4.39. The minimum absolute atomic E-state index is 0.269. The molecule has 0 aliphatic carbocycles. The van der Waals surface area contributed by atoms with Crippen molar-refractivity contribution in [2.45, 2.75) is 35.6 Å². The Morgan fingerprint density at radius 2 is 1.70 bits per heavy atom. The number of nitrogens with zero attached hydrogens (tertiary/aromatic N) is 1. The number of nitrogens with one attached hydrogen (secondary N) is 1. The van der Waals surface area contributed by atoms with E-state index in [0.29, 0.717) is 0 Å². The van der Waals surface area contributed by atoms with Crippen molar-refractivity contribution >= 4 is 46.8 Å². The molecular weight excluding hydrogens is 355 g/mol. The van der Waals surface area contributed by atoms with Crippen LogP contribution in [0.3, 0.4) is 0 Å². The molecule has 3 nitrogen and oxygen atoms in total. The largest absolute Gasteiger partial charge is 0.333 e. The second kappa shape index (κ2) is 8.93. The maximum Gasteiger partial charge on any atom is 0.245 e. The van der Waals surface area contributed by atoms with Gasteiger partial charge in [0, 0.05) is 19.2 Å². The lowest BCUT2D eigenvalue weighted by Gasteiger charge is -2.35. The fourth-order valence-electron chi connectivity index (χ4n) is 2.65. The summed E-state index contributed by atoms with van der Waals surface area (Å²) in [6, 6.07) is 9.60. The molecule has 1 heterocycles. The van der Waals surface area contributed by atoms with Gasteiger partial charge < -0.3 is 5.32 Å². The zero-order valence-electron chi connectivity index (χ0n) is 12.9. The first-order valence-electron chi connectivity index (χ1n) is 7.81. The van der Waals surface area contributed by atoms with Crippen molar-refractivity contribution in [1.29, 1.82) is 0 Å². The van der Waals surface area contributed by atoms with Crippen LogP contribution in [0.25, 0.3) is 6.08 Å². The Kier molecular flexibility index (Phi) is 7.22. The van der Waals surface area contributed by atoms with Crippen LogP contribution in [0.4, 0.5) is 0 Å². The number of alkyl halides is 3. The van der Waals surface area contributed by atoms with E-state index in [4.69, 9.17) is 34.8 Å². The fourth-order valence-corrected chi connectivity index (χ4v) is 3.23. The second-order valence-corrected chi connectivity index (χ2v) is 8.02. The van der Waals surface area contributed by atoms with E-state index in [-0.39, 0.29) is 5.91 Å². The van der Waals surface area contributed by atoms with Crippen LogP contribution in [0.2, 0.25) is 0 Å². The van der Waals surface area contributed by atoms with Gasteiger partial charge in [0.05, 0.1) is 0 Å². The summed E-state index contributed by atoms with van der Waals surface area (Å²) in [6.45, 7) is 1.64. The number of amides is 1. The van der Waals surface area contributed by atoms with Gasteiger partial charge >= 0.3 is 0 Å². The molecule has 1 N–H and O–H groups in total. The third kappa shape index (κ3) is 6.34. The Labute approximate surface area is 152 Å². The Balaban J connectivity index is 2.02. The average molecular weight is 376 g/mol. The molecule has 1 aliphatic rings. The van der Waals surface area contributed by atoms with E-state index in [1.165, 1.54) is 18.9 Å². The van der Waals surface area contributed by atoms with Gasteiger partial charge in [-0.2, -0.15) is 0 Å². The van der Waals surface area contributed by atoms with E-state index < -0.39 is 9.96 Å². The fraction of sp³-hybridized carbons (Fsp3) is 0.471. The van der Waals surface area contributed by atoms with Gasteiger partial charge in [-0.15, -0.1) is 0 Å². The molecule has 0 aromatic heterocycles. The maximum atomic E-state index is 12.2. The number of rotatable bonds is 4. The van der Waals surface area contributed by atoms with Crippen LogP contribution in [0.1, 0.15) is 31.2 Å². The molecule has 1 aliphatic heterocycles. The molecule has 0 radical (unpaired) electrons. The van der Waals surface area contributed by atoms with Crippen molar-refractivity contribution in [1.82, 2.24) is 10.2 Å². The van der Waals surface area contributed by atoms with Gasteiger partial charge in [0.25, 0.3) is 0 Å². The van der Waals surface area contributed by atoms with Crippen molar-refractivity contribution < 1.29 is 4.79 Å². The summed E-state index contributed by atoms with van der Waals surface area (Å²) in [7, 11) is 0. The van der Waals surface area contributed by atoms with Crippen molar-refractivity contribution in [3.05, 3.63) is 42.0 Å². The van der Waals surface area contributed by atoms with Crippen LogP contribution >= 0.6 is 34.8 Å². The van der Waals surface area contributed by atoms with E-state index in [1.807, 2.05) is 35.2 Å². The zero-order valence-corrected chi connectivity index (χ0v) is 15.1. The zero-order chi connectivity index (χ0) is 16.7. The van der Waals surface area contributed by atoms with E-state index in [9.17, 15) is 4.79 Å². The quantitative estimate of drug-likeness (QED) is 0.625. The lowest BCUT2D eigenvalue weighted by atomic mass is 10.2. The van der Waals surface area contributed by atoms with Crippen LogP contribution in [-0.4, -0.2) is 33.9 Å². The van der Waals surface area contributed by atoms with Crippen LogP contribution < -0.4 is 5.32 Å². The highest BCUT2D eigenvalue weighted by molar-refractivity contribution is 6.68. The molecule has 126 valence electrons. The van der Waals surface area contributed by atoms with E-state index in [0.717, 1.165) is 31.5 Å². The number of likely N-dealkylation sites (tertiary alicyclic amines) is 1. The Bertz CT molecular complexity index is 520. The first-order chi connectivity index (χ1) is 11.0. The molecule has 1 atom stereocenters. The monoisotopic (exact) mass is 374 g/mol. The highest BCUT2D eigenvalue weighted by Crippen LogP contribution is 2.33. The number of carbonyl (C=O) groups is 1. The number of benzene rings is 1. The number of carbonyl (C=O) groups excluding carboxylic acids is 1. The SMILES string of the molecule is O=C(/C=C/c1ccccc1)NC(N1CCCCCC1)C(Cl)(Cl)Cl.